The first-order valence-corrected chi connectivity index (χ1v) is 16.6. The Morgan fingerprint density at radius 1 is 0.894 bits per heavy atom. The molecule has 0 radical (unpaired) electrons. The number of thiazole rings is 1. The molecular weight excluding hydrogens is 639 g/mol. The molecule has 0 saturated carbocycles. The van der Waals surface area contributed by atoms with E-state index in [0.29, 0.717) is 32.6 Å². The Hall–Kier alpha value is -5.20. The number of anilines is 2. The van der Waals surface area contributed by atoms with E-state index >= 15 is 0 Å². The molecule has 0 bridgehead atoms. The van der Waals surface area contributed by atoms with Gasteiger partial charge >= 0.3 is 10.8 Å². The van der Waals surface area contributed by atoms with Crippen LogP contribution in [0.15, 0.2) is 101 Å². The number of aromatic amines is 1. The van der Waals surface area contributed by atoms with Crippen LogP contribution in [-0.2, 0) is 19.1 Å². The van der Waals surface area contributed by atoms with E-state index < -0.39 is 34.9 Å². The zero-order chi connectivity index (χ0) is 32.7. The van der Waals surface area contributed by atoms with Crippen molar-refractivity contribution < 1.29 is 28.7 Å². The van der Waals surface area contributed by atoms with Crippen LogP contribution < -0.4 is 19.8 Å². The minimum Gasteiger partial charge on any atom is -0.484 e. The Kier molecular flexibility index (Phi) is 8.12. The molecule has 2 aliphatic heterocycles. The molecule has 2 aliphatic rings. The van der Waals surface area contributed by atoms with E-state index in [0.717, 1.165) is 32.6 Å². The predicted octanol–water partition coefficient (Wildman–Crippen LogP) is 5.58. The number of aromatic nitrogens is 1. The lowest BCUT2D eigenvalue weighted by atomic mass is 9.83. The second-order valence-corrected chi connectivity index (χ2v) is 13.2. The quantitative estimate of drug-likeness (QED) is 0.162. The number of nitrogens with zero attached hydrogens (tertiary/aromatic N) is 1. The number of H-pyrrole nitrogens is 1. The number of amides is 3. The van der Waals surface area contributed by atoms with Crippen molar-refractivity contribution in [1.29, 1.82) is 0 Å². The Morgan fingerprint density at radius 3 is 2.38 bits per heavy atom. The van der Waals surface area contributed by atoms with E-state index in [1.807, 2.05) is 42.5 Å². The topological polar surface area (TPSA) is 135 Å². The van der Waals surface area contributed by atoms with Gasteiger partial charge in [-0.3, -0.25) is 19.2 Å². The summed E-state index contributed by atoms with van der Waals surface area (Å²) < 4.78 is 10.8. The number of ether oxygens (including phenoxy) is 2. The molecule has 10 nitrogen and oxygen atoms in total. The molecule has 5 aromatic rings. The fraction of sp³-hybridized carbons (Fsp3) is 0.171. The smallest absolute Gasteiger partial charge is 0.338 e. The second-order valence-electron chi connectivity index (χ2n) is 11.0. The zero-order valence-corrected chi connectivity index (χ0v) is 26.6. The van der Waals surface area contributed by atoms with Crippen molar-refractivity contribution in [2.24, 2.45) is 5.92 Å². The van der Waals surface area contributed by atoms with Gasteiger partial charge in [0.2, 0.25) is 11.8 Å². The molecule has 47 heavy (non-hydrogen) atoms. The fourth-order valence-electron chi connectivity index (χ4n) is 5.98. The van der Waals surface area contributed by atoms with E-state index in [2.05, 4.69) is 10.3 Å². The molecular formula is C35H27N3O7S2. The highest BCUT2D eigenvalue weighted by Crippen LogP contribution is 2.53. The van der Waals surface area contributed by atoms with Gasteiger partial charge in [0.1, 0.15) is 11.0 Å². The third-order valence-corrected chi connectivity index (χ3v) is 10.5. The van der Waals surface area contributed by atoms with Gasteiger partial charge in [0.25, 0.3) is 5.91 Å². The maximum absolute atomic E-state index is 14.0. The van der Waals surface area contributed by atoms with E-state index in [4.69, 9.17) is 9.47 Å². The van der Waals surface area contributed by atoms with Crippen molar-refractivity contribution in [3.63, 3.8) is 0 Å². The number of rotatable bonds is 8. The SMILES string of the molecule is CCOC(=O)c1ccc(N2C(=O)C3Sc4[nH]c(=O)sc4C(c4ccc(OCC(=O)Nc5ccc6ccccc6c5)cc4)C3C2=O)cc1. The lowest BCUT2D eigenvalue weighted by Gasteiger charge is -2.29. The van der Waals surface area contributed by atoms with Crippen LogP contribution in [0.5, 0.6) is 5.75 Å². The van der Waals surface area contributed by atoms with Crippen LogP contribution in [0.4, 0.5) is 11.4 Å². The first kappa shape index (κ1) is 30.5. The summed E-state index contributed by atoms with van der Waals surface area (Å²) in [6.07, 6.45) is 0. The Morgan fingerprint density at radius 2 is 1.64 bits per heavy atom. The summed E-state index contributed by atoms with van der Waals surface area (Å²) in [5.41, 5.74) is 2.06. The summed E-state index contributed by atoms with van der Waals surface area (Å²) in [5, 5.41) is 4.75. The molecule has 3 amide bonds. The number of hydrogen-bond acceptors (Lipinski definition) is 9. The Balaban J connectivity index is 1.09. The van der Waals surface area contributed by atoms with Gasteiger partial charge in [0.15, 0.2) is 6.61 Å². The van der Waals surface area contributed by atoms with Gasteiger partial charge in [-0.05, 0) is 71.8 Å². The summed E-state index contributed by atoms with van der Waals surface area (Å²) in [5.74, 6) is -2.48. The van der Waals surface area contributed by atoms with Crippen molar-refractivity contribution in [3.05, 3.63) is 117 Å². The third kappa shape index (κ3) is 5.81. The van der Waals surface area contributed by atoms with Gasteiger partial charge in [-0.1, -0.05) is 65.6 Å². The number of nitrogens with one attached hydrogen (secondary N) is 2. The van der Waals surface area contributed by atoms with Crippen LogP contribution in [0.25, 0.3) is 10.8 Å². The summed E-state index contributed by atoms with van der Waals surface area (Å²) in [6.45, 7) is 1.73. The molecule has 7 rings (SSSR count). The number of hydrogen-bond donors (Lipinski definition) is 2. The van der Waals surface area contributed by atoms with E-state index in [1.54, 1.807) is 43.3 Å². The molecule has 0 aliphatic carbocycles. The van der Waals surface area contributed by atoms with Gasteiger partial charge in [0, 0.05) is 16.5 Å². The monoisotopic (exact) mass is 665 g/mol. The molecule has 3 heterocycles. The van der Waals surface area contributed by atoms with Crippen LogP contribution in [0.2, 0.25) is 0 Å². The van der Waals surface area contributed by atoms with Crippen LogP contribution in [-0.4, -0.2) is 47.1 Å². The fourth-order valence-corrected chi connectivity index (χ4v) is 8.49. The summed E-state index contributed by atoms with van der Waals surface area (Å²) in [4.78, 5) is 69.3. The van der Waals surface area contributed by atoms with E-state index in [9.17, 15) is 24.0 Å². The maximum Gasteiger partial charge on any atom is 0.338 e. The zero-order valence-electron chi connectivity index (χ0n) is 24.9. The molecule has 12 heteroatoms. The van der Waals surface area contributed by atoms with Gasteiger partial charge in [0.05, 0.1) is 28.8 Å². The lowest BCUT2D eigenvalue weighted by Crippen LogP contribution is -2.32. The first-order valence-electron chi connectivity index (χ1n) is 14.9. The van der Waals surface area contributed by atoms with E-state index in [-0.39, 0.29) is 24.0 Å². The van der Waals surface area contributed by atoms with Gasteiger partial charge < -0.3 is 19.8 Å². The molecule has 2 N–H and O–H groups in total. The van der Waals surface area contributed by atoms with Gasteiger partial charge in [-0.25, -0.2) is 9.69 Å². The van der Waals surface area contributed by atoms with Crippen molar-refractivity contribution in [3.8, 4) is 5.75 Å². The van der Waals surface area contributed by atoms with Crippen molar-refractivity contribution >= 4 is 68.9 Å². The maximum atomic E-state index is 14.0. The summed E-state index contributed by atoms with van der Waals surface area (Å²) >= 11 is 2.21. The summed E-state index contributed by atoms with van der Waals surface area (Å²) in [6, 6.07) is 26.7. The molecule has 4 aromatic carbocycles. The van der Waals surface area contributed by atoms with Crippen molar-refractivity contribution in [2.75, 3.05) is 23.4 Å². The number of imide groups is 1. The number of carbonyl (C=O) groups is 4. The average Bonchev–Trinajstić information content (AvgIpc) is 3.58. The van der Waals surface area contributed by atoms with E-state index in [1.165, 1.54) is 23.9 Å². The molecule has 0 spiro atoms. The summed E-state index contributed by atoms with van der Waals surface area (Å²) in [7, 11) is 0. The Bertz CT molecular complexity index is 2090. The van der Waals surface area contributed by atoms with Gasteiger partial charge in [-0.2, -0.15) is 0 Å². The number of esters is 1. The molecule has 1 saturated heterocycles. The van der Waals surface area contributed by atoms with Gasteiger partial charge in [-0.15, -0.1) is 0 Å². The molecule has 3 atom stereocenters. The largest absolute Gasteiger partial charge is 0.484 e. The molecule has 1 fully saturated rings. The lowest BCUT2D eigenvalue weighted by molar-refractivity contribution is -0.122. The predicted molar refractivity (Wildman–Crippen MR) is 179 cm³/mol. The minimum absolute atomic E-state index is 0.211. The second kappa shape index (κ2) is 12.5. The highest BCUT2D eigenvalue weighted by atomic mass is 32.2. The van der Waals surface area contributed by atoms with Crippen molar-refractivity contribution in [1.82, 2.24) is 4.98 Å². The van der Waals surface area contributed by atoms with Crippen LogP contribution in [0.1, 0.15) is 33.6 Å². The Labute approximate surface area is 276 Å². The molecule has 3 unspecified atom stereocenters. The number of fused-ring (bicyclic) bond motifs is 3. The number of carbonyl (C=O) groups excluding carboxylic acids is 4. The van der Waals surface area contributed by atoms with Crippen LogP contribution in [0, 0.1) is 5.92 Å². The molecule has 236 valence electrons. The van der Waals surface area contributed by atoms with Crippen LogP contribution in [0.3, 0.4) is 0 Å². The highest BCUT2D eigenvalue weighted by molar-refractivity contribution is 8.00. The highest BCUT2D eigenvalue weighted by Gasteiger charge is 2.56. The average molecular weight is 666 g/mol. The van der Waals surface area contributed by atoms with Crippen molar-refractivity contribution in [2.45, 2.75) is 23.1 Å². The molecule has 1 aromatic heterocycles. The standard InChI is InChI=1S/C35H27N3O7S2/c1-2-44-34(42)21-8-13-24(14-9-21)38-32(40)28-27(29-31(37-35(43)47-29)46-30(28)33(38)41)20-10-15-25(16-11-20)45-18-26(39)36-23-12-7-19-5-3-4-6-22(19)17-23/h3-17,27-28,30H,2,18H2,1H3,(H,36,39)(H,37,43). The third-order valence-electron chi connectivity index (χ3n) is 8.10. The first-order chi connectivity index (χ1) is 22.8. The van der Waals surface area contributed by atoms with Crippen LogP contribution >= 0.6 is 23.1 Å². The minimum atomic E-state index is -0.768. The number of thioether (sulfide) groups is 1. The number of benzene rings is 4. The normalized spacial score (nSPS) is 18.5.